The quantitative estimate of drug-likeness (QED) is 0.749. The van der Waals surface area contributed by atoms with Gasteiger partial charge in [-0.3, -0.25) is 0 Å². The molecule has 16 heavy (non-hydrogen) atoms. The van der Waals surface area contributed by atoms with Gasteiger partial charge in [-0.15, -0.1) is 0 Å². The van der Waals surface area contributed by atoms with Crippen LogP contribution in [0.3, 0.4) is 0 Å². The van der Waals surface area contributed by atoms with E-state index in [2.05, 4.69) is 37.9 Å². The Labute approximate surface area is 102 Å². The summed E-state index contributed by atoms with van der Waals surface area (Å²) in [4.78, 5) is 2.66. The molecule has 1 fully saturated rings. The van der Waals surface area contributed by atoms with Crippen molar-refractivity contribution in [3.8, 4) is 0 Å². The molecule has 2 unspecified atom stereocenters. The molecule has 0 aromatic carbocycles. The molecule has 1 saturated heterocycles. The summed E-state index contributed by atoms with van der Waals surface area (Å²) in [6, 6.07) is 0.725. The van der Waals surface area contributed by atoms with Crippen LogP contribution in [-0.2, 0) is 0 Å². The molecule has 0 bridgehead atoms. The summed E-state index contributed by atoms with van der Waals surface area (Å²) >= 11 is 0. The number of hydrogen-bond donors (Lipinski definition) is 1. The number of nitrogens with zero attached hydrogens (tertiary/aromatic N) is 1. The zero-order valence-electron chi connectivity index (χ0n) is 11.6. The highest BCUT2D eigenvalue weighted by atomic mass is 15.2. The van der Waals surface area contributed by atoms with Crippen LogP contribution in [0, 0.1) is 11.8 Å². The Bertz CT molecular complexity index is 180. The van der Waals surface area contributed by atoms with E-state index in [9.17, 15) is 0 Å². The van der Waals surface area contributed by atoms with Crippen LogP contribution < -0.4 is 5.32 Å². The molecule has 0 aliphatic carbocycles. The molecular formula is C14H30N2. The summed E-state index contributed by atoms with van der Waals surface area (Å²) in [5.74, 6) is 1.67. The average Bonchev–Trinajstić information content (AvgIpc) is 2.17. The van der Waals surface area contributed by atoms with Gasteiger partial charge in [-0.05, 0) is 24.7 Å². The van der Waals surface area contributed by atoms with Gasteiger partial charge in [0.05, 0.1) is 0 Å². The van der Waals surface area contributed by atoms with Gasteiger partial charge in [-0.2, -0.15) is 0 Å². The fourth-order valence-corrected chi connectivity index (χ4v) is 2.81. The molecule has 0 saturated carbocycles. The van der Waals surface area contributed by atoms with Gasteiger partial charge in [0.25, 0.3) is 0 Å². The summed E-state index contributed by atoms with van der Waals surface area (Å²) in [5, 5.41) is 3.64. The first-order valence-corrected chi connectivity index (χ1v) is 7.07. The van der Waals surface area contributed by atoms with E-state index >= 15 is 0 Å². The lowest BCUT2D eigenvalue weighted by Crippen LogP contribution is -2.51. The van der Waals surface area contributed by atoms with E-state index in [1.165, 1.54) is 45.4 Å². The molecule has 0 amide bonds. The van der Waals surface area contributed by atoms with Gasteiger partial charge in [0.2, 0.25) is 0 Å². The summed E-state index contributed by atoms with van der Waals surface area (Å²) in [6.45, 7) is 14.3. The lowest BCUT2D eigenvalue weighted by molar-refractivity contribution is 0.163. The van der Waals surface area contributed by atoms with E-state index < -0.39 is 0 Å². The van der Waals surface area contributed by atoms with Gasteiger partial charge >= 0.3 is 0 Å². The van der Waals surface area contributed by atoms with Crippen LogP contribution >= 0.6 is 0 Å². The zero-order chi connectivity index (χ0) is 12.0. The number of hydrogen-bond acceptors (Lipinski definition) is 2. The van der Waals surface area contributed by atoms with Crippen molar-refractivity contribution in [3.05, 3.63) is 0 Å². The van der Waals surface area contributed by atoms with Crippen LogP contribution in [0.25, 0.3) is 0 Å². The predicted octanol–water partition coefficient (Wildman–Crippen LogP) is 2.74. The van der Waals surface area contributed by atoms with Crippen molar-refractivity contribution in [2.24, 2.45) is 11.8 Å². The Balaban J connectivity index is 2.27. The van der Waals surface area contributed by atoms with Crippen molar-refractivity contribution in [1.29, 1.82) is 0 Å². The largest absolute Gasteiger partial charge is 0.311 e. The number of piperazine rings is 1. The highest BCUT2D eigenvalue weighted by Gasteiger charge is 2.20. The highest BCUT2D eigenvalue weighted by Crippen LogP contribution is 2.13. The van der Waals surface area contributed by atoms with Crippen molar-refractivity contribution >= 4 is 0 Å². The third-order valence-electron chi connectivity index (χ3n) is 3.45. The maximum atomic E-state index is 3.64. The second-order valence-electron chi connectivity index (χ2n) is 5.93. The molecule has 0 aromatic rings. The Kier molecular flexibility index (Phi) is 6.37. The number of rotatable bonds is 6. The Morgan fingerprint density at radius 1 is 1.31 bits per heavy atom. The highest BCUT2D eigenvalue weighted by molar-refractivity contribution is 4.80. The molecular weight excluding hydrogens is 196 g/mol. The third-order valence-corrected chi connectivity index (χ3v) is 3.45. The molecule has 96 valence electrons. The topological polar surface area (TPSA) is 15.3 Å². The molecule has 0 radical (unpaired) electrons. The van der Waals surface area contributed by atoms with Crippen LogP contribution in [0.4, 0.5) is 0 Å². The van der Waals surface area contributed by atoms with Gasteiger partial charge in [-0.1, -0.05) is 34.1 Å². The van der Waals surface area contributed by atoms with Crippen LogP contribution in [0.1, 0.15) is 47.0 Å². The molecule has 0 spiro atoms. The van der Waals surface area contributed by atoms with Crippen LogP contribution in [-0.4, -0.2) is 37.1 Å². The Morgan fingerprint density at radius 3 is 2.69 bits per heavy atom. The summed E-state index contributed by atoms with van der Waals surface area (Å²) in [6.07, 6.45) is 4.01. The molecule has 1 rings (SSSR count). The lowest BCUT2D eigenvalue weighted by Gasteiger charge is -2.35. The fraction of sp³-hybridized carbons (Fsp3) is 1.00. The third kappa shape index (κ3) is 5.31. The molecule has 1 N–H and O–H groups in total. The van der Waals surface area contributed by atoms with Gasteiger partial charge in [0.15, 0.2) is 0 Å². The van der Waals surface area contributed by atoms with Crippen molar-refractivity contribution in [2.75, 3.05) is 26.2 Å². The normalized spacial score (nSPS) is 24.9. The first-order valence-electron chi connectivity index (χ1n) is 7.07. The van der Waals surface area contributed by atoms with E-state index in [0.29, 0.717) is 0 Å². The minimum Gasteiger partial charge on any atom is -0.311 e. The Morgan fingerprint density at radius 2 is 2.06 bits per heavy atom. The smallest absolute Gasteiger partial charge is 0.0198 e. The van der Waals surface area contributed by atoms with E-state index in [4.69, 9.17) is 0 Å². The predicted molar refractivity (Wildman–Crippen MR) is 71.8 cm³/mol. The van der Waals surface area contributed by atoms with E-state index in [1.807, 2.05) is 0 Å². The van der Waals surface area contributed by atoms with Gasteiger partial charge < -0.3 is 10.2 Å². The van der Waals surface area contributed by atoms with Gasteiger partial charge in [0.1, 0.15) is 0 Å². The van der Waals surface area contributed by atoms with Crippen molar-refractivity contribution in [3.63, 3.8) is 0 Å². The molecule has 2 nitrogen and oxygen atoms in total. The van der Waals surface area contributed by atoms with E-state index in [1.54, 1.807) is 0 Å². The summed E-state index contributed by atoms with van der Waals surface area (Å²) in [5.41, 5.74) is 0. The first kappa shape index (κ1) is 14.0. The molecule has 2 atom stereocenters. The fourth-order valence-electron chi connectivity index (χ4n) is 2.81. The first-order chi connectivity index (χ1) is 7.61. The molecule has 1 heterocycles. The van der Waals surface area contributed by atoms with Crippen molar-refractivity contribution in [2.45, 2.75) is 53.0 Å². The average molecular weight is 226 g/mol. The Hall–Kier alpha value is -0.0800. The van der Waals surface area contributed by atoms with Crippen LogP contribution in [0.15, 0.2) is 0 Å². The van der Waals surface area contributed by atoms with Crippen LogP contribution in [0.5, 0.6) is 0 Å². The van der Waals surface area contributed by atoms with Crippen LogP contribution in [0.2, 0.25) is 0 Å². The van der Waals surface area contributed by atoms with Gasteiger partial charge in [-0.25, -0.2) is 0 Å². The SMILES string of the molecule is CCCC(C)CN1CCNC(CC(C)C)C1. The van der Waals surface area contributed by atoms with Crippen molar-refractivity contribution in [1.82, 2.24) is 10.2 Å². The van der Waals surface area contributed by atoms with E-state index in [-0.39, 0.29) is 0 Å². The molecule has 0 aromatic heterocycles. The summed E-state index contributed by atoms with van der Waals surface area (Å²) < 4.78 is 0. The number of nitrogens with one attached hydrogen (secondary N) is 1. The lowest BCUT2D eigenvalue weighted by atomic mass is 10.0. The molecule has 2 heteroatoms. The van der Waals surface area contributed by atoms with Crippen molar-refractivity contribution < 1.29 is 0 Å². The second-order valence-corrected chi connectivity index (χ2v) is 5.93. The standard InChI is InChI=1S/C14H30N2/c1-5-6-13(4)10-16-8-7-15-14(11-16)9-12(2)3/h12-15H,5-11H2,1-4H3. The summed E-state index contributed by atoms with van der Waals surface area (Å²) in [7, 11) is 0. The van der Waals surface area contributed by atoms with Gasteiger partial charge in [0, 0.05) is 32.2 Å². The second kappa shape index (κ2) is 7.29. The maximum Gasteiger partial charge on any atom is 0.0198 e. The minimum atomic E-state index is 0.725. The molecule has 1 aliphatic rings. The molecule has 1 aliphatic heterocycles. The minimum absolute atomic E-state index is 0.725. The monoisotopic (exact) mass is 226 g/mol. The maximum absolute atomic E-state index is 3.64. The van der Waals surface area contributed by atoms with E-state index in [0.717, 1.165) is 17.9 Å². The zero-order valence-corrected chi connectivity index (χ0v) is 11.6.